The summed E-state index contributed by atoms with van der Waals surface area (Å²) < 4.78 is 5.76. The molecule has 0 radical (unpaired) electrons. The maximum Gasteiger partial charge on any atom is 0.218 e. The molecular weight excluding hydrogens is 274 g/mol. The number of nitrogens with one attached hydrogen (secondary N) is 1. The van der Waals surface area contributed by atoms with Gasteiger partial charge in [-0.15, -0.1) is 0 Å². The zero-order valence-corrected chi connectivity index (χ0v) is 14.4. The molecule has 1 aliphatic rings. The number of rotatable bonds is 8. The zero-order valence-electron chi connectivity index (χ0n) is 14.4. The number of ether oxygens (including phenoxy) is 1. The minimum atomic E-state index is 0.504. The van der Waals surface area contributed by atoms with E-state index in [2.05, 4.69) is 31.1 Å². The SMILES string of the molecule is CCCOc1cc(NCCC(C)C)nc(C2CCCCC2)n1. The van der Waals surface area contributed by atoms with Crippen LogP contribution < -0.4 is 10.1 Å². The predicted octanol–water partition coefficient (Wildman–Crippen LogP) is 4.77. The average Bonchev–Trinajstić information content (AvgIpc) is 2.53. The standard InChI is InChI=1S/C18H31N3O/c1-4-12-22-17-13-16(19-11-10-14(2)3)20-18(21-17)15-8-6-5-7-9-15/h13-15H,4-12H2,1-3H3,(H,19,20,21). The molecule has 0 spiro atoms. The van der Waals surface area contributed by atoms with Crippen LogP contribution in [0.1, 0.15) is 77.5 Å². The molecule has 0 saturated heterocycles. The number of hydrogen-bond acceptors (Lipinski definition) is 4. The molecule has 1 fully saturated rings. The highest BCUT2D eigenvalue weighted by Gasteiger charge is 2.19. The molecule has 0 aliphatic heterocycles. The molecule has 1 aromatic heterocycles. The normalized spacial score (nSPS) is 16.0. The summed E-state index contributed by atoms with van der Waals surface area (Å²) in [5, 5.41) is 3.44. The van der Waals surface area contributed by atoms with E-state index in [4.69, 9.17) is 9.72 Å². The minimum absolute atomic E-state index is 0.504. The number of hydrogen-bond donors (Lipinski definition) is 1. The smallest absolute Gasteiger partial charge is 0.218 e. The van der Waals surface area contributed by atoms with Crippen LogP contribution in [-0.4, -0.2) is 23.1 Å². The highest BCUT2D eigenvalue weighted by atomic mass is 16.5. The third-order valence-corrected chi connectivity index (χ3v) is 4.17. The third-order valence-electron chi connectivity index (χ3n) is 4.17. The van der Waals surface area contributed by atoms with E-state index in [1.165, 1.54) is 32.1 Å². The summed E-state index contributed by atoms with van der Waals surface area (Å²) in [5.74, 6) is 3.82. The summed E-state index contributed by atoms with van der Waals surface area (Å²) in [6, 6.07) is 1.95. The number of aromatic nitrogens is 2. The van der Waals surface area contributed by atoms with E-state index in [1.807, 2.05) is 6.07 Å². The molecule has 2 rings (SSSR count). The first kappa shape index (κ1) is 17.0. The Morgan fingerprint density at radius 3 is 2.68 bits per heavy atom. The maximum atomic E-state index is 5.76. The van der Waals surface area contributed by atoms with Crippen LogP contribution in [0.2, 0.25) is 0 Å². The van der Waals surface area contributed by atoms with Gasteiger partial charge in [-0.1, -0.05) is 40.0 Å². The molecular formula is C18H31N3O. The highest BCUT2D eigenvalue weighted by Crippen LogP contribution is 2.32. The van der Waals surface area contributed by atoms with Crippen molar-refractivity contribution in [2.75, 3.05) is 18.5 Å². The van der Waals surface area contributed by atoms with Crippen molar-refractivity contribution in [2.24, 2.45) is 5.92 Å². The van der Waals surface area contributed by atoms with Crippen molar-refractivity contribution in [3.8, 4) is 5.88 Å². The van der Waals surface area contributed by atoms with Gasteiger partial charge in [0.05, 0.1) is 6.61 Å². The van der Waals surface area contributed by atoms with E-state index in [0.717, 1.165) is 36.9 Å². The molecule has 0 bridgehead atoms. The first-order valence-corrected chi connectivity index (χ1v) is 8.94. The molecule has 1 heterocycles. The van der Waals surface area contributed by atoms with Crippen LogP contribution in [0, 0.1) is 5.92 Å². The lowest BCUT2D eigenvalue weighted by molar-refractivity contribution is 0.301. The van der Waals surface area contributed by atoms with Gasteiger partial charge in [0.1, 0.15) is 11.6 Å². The van der Waals surface area contributed by atoms with Crippen LogP contribution in [0.15, 0.2) is 6.07 Å². The van der Waals surface area contributed by atoms with Crippen LogP contribution >= 0.6 is 0 Å². The van der Waals surface area contributed by atoms with Gasteiger partial charge in [0.25, 0.3) is 0 Å². The fourth-order valence-electron chi connectivity index (χ4n) is 2.85. The molecule has 124 valence electrons. The fourth-order valence-corrected chi connectivity index (χ4v) is 2.85. The van der Waals surface area contributed by atoms with E-state index < -0.39 is 0 Å². The maximum absolute atomic E-state index is 5.76. The third kappa shape index (κ3) is 5.47. The second-order valence-electron chi connectivity index (χ2n) is 6.74. The molecule has 4 nitrogen and oxygen atoms in total. The topological polar surface area (TPSA) is 47.0 Å². The molecule has 1 saturated carbocycles. The van der Waals surface area contributed by atoms with E-state index >= 15 is 0 Å². The van der Waals surface area contributed by atoms with Gasteiger partial charge in [-0.25, -0.2) is 4.98 Å². The molecule has 0 atom stereocenters. The van der Waals surface area contributed by atoms with Crippen molar-refractivity contribution in [3.05, 3.63) is 11.9 Å². The summed E-state index contributed by atoms with van der Waals surface area (Å²) in [5.41, 5.74) is 0. The van der Waals surface area contributed by atoms with Gasteiger partial charge in [-0.2, -0.15) is 4.98 Å². The Balaban J connectivity index is 2.08. The van der Waals surface area contributed by atoms with Gasteiger partial charge in [0, 0.05) is 18.5 Å². The molecule has 0 amide bonds. The fraction of sp³-hybridized carbons (Fsp3) is 0.778. The van der Waals surface area contributed by atoms with E-state index in [1.54, 1.807) is 0 Å². The van der Waals surface area contributed by atoms with Crippen LogP contribution in [0.3, 0.4) is 0 Å². The van der Waals surface area contributed by atoms with Gasteiger partial charge in [-0.05, 0) is 31.6 Å². The van der Waals surface area contributed by atoms with Crippen molar-refractivity contribution < 1.29 is 4.74 Å². The summed E-state index contributed by atoms with van der Waals surface area (Å²) in [6.07, 6.45) is 8.51. The Bertz CT molecular complexity index is 442. The lowest BCUT2D eigenvalue weighted by Crippen LogP contribution is -2.13. The molecule has 22 heavy (non-hydrogen) atoms. The predicted molar refractivity (Wildman–Crippen MR) is 91.6 cm³/mol. The van der Waals surface area contributed by atoms with Crippen LogP contribution in [0.4, 0.5) is 5.82 Å². The van der Waals surface area contributed by atoms with Crippen molar-refractivity contribution in [3.63, 3.8) is 0 Å². The van der Waals surface area contributed by atoms with Crippen molar-refractivity contribution in [1.82, 2.24) is 9.97 Å². The first-order valence-electron chi connectivity index (χ1n) is 8.94. The molecule has 0 aromatic carbocycles. The Morgan fingerprint density at radius 1 is 1.23 bits per heavy atom. The van der Waals surface area contributed by atoms with Crippen molar-refractivity contribution >= 4 is 5.82 Å². The minimum Gasteiger partial charge on any atom is -0.478 e. The molecule has 0 unspecified atom stereocenters. The number of nitrogens with zero attached hydrogens (tertiary/aromatic N) is 2. The summed E-state index contributed by atoms with van der Waals surface area (Å²) in [7, 11) is 0. The van der Waals surface area contributed by atoms with E-state index in [-0.39, 0.29) is 0 Å². The zero-order chi connectivity index (χ0) is 15.8. The lowest BCUT2D eigenvalue weighted by atomic mass is 9.89. The van der Waals surface area contributed by atoms with Crippen molar-refractivity contribution in [1.29, 1.82) is 0 Å². The molecule has 4 heteroatoms. The Hall–Kier alpha value is -1.32. The van der Waals surface area contributed by atoms with Gasteiger partial charge >= 0.3 is 0 Å². The largest absolute Gasteiger partial charge is 0.478 e. The summed E-state index contributed by atoms with van der Waals surface area (Å²) in [6.45, 7) is 8.26. The van der Waals surface area contributed by atoms with Crippen LogP contribution in [0.5, 0.6) is 5.88 Å². The number of anilines is 1. The van der Waals surface area contributed by atoms with Gasteiger partial charge < -0.3 is 10.1 Å². The first-order chi connectivity index (χ1) is 10.7. The monoisotopic (exact) mass is 305 g/mol. The second-order valence-corrected chi connectivity index (χ2v) is 6.74. The van der Waals surface area contributed by atoms with Crippen molar-refractivity contribution in [2.45, 2.75) is 71.6 Å². The lowest BCUT2D eigenvalue weighted by Gasteiger charge is -2.21. The van der Waals surface area contributed by atoms with Gasteiger partial charge in [0.2, 0.25) is 5.88 Å². The highest BCUT2D eigenvalue weighted by molar-refractivity contribution is 5.39. The summed E-state index contributed by atoms with van der Waals surface area (Å²) >= 11 is 0. The van der Waals surface area contributed by atoms with Gasteiger partial charge in [-0.3, -0.25) is 0 Å². The molecule has 1 N–H and O–H groups in total. The average molecular weight is 305 g/mol. The Labute approximate surface area is 135 Å². The van der Waals surface area contributed by atoms with E-state index in [9.17, 15) is 0 Å². The summed E-state index contributed by atoms with van der Waals surface area (Å²) in [4.78, 5) is 9.42. The Kier molecular flexibility index (Phi) is 6.94. The van der Waals surface area contributed by atoms with E-state index in [0.29, 0.717) is 18.4 Å². The quantitative estimate of drug-likeness (QED) is 0.751. The van der Waals surface area contributed by atoms with Crippen LogP contribution in [0.25, 0.3) is 0 Å². The van der Waals surface area contributed by atoms with Gasteiger partial charge in [0.15, 0.2) is 0 Å². The molecule has 1 aromatic rings. The molecule has 1 aliphatic carbocycles. The Morgan fingerprint density at radius 2 is 2.00 bits per heavy atom. The second kappa shape index (κ2) is 8.96. The van der Waals surface area contributed by atoms with Crippen LogP contribution in [-0.2, 0) is 0 Å².